The number of carbonyl (C=O) groups excluding carboxylic acids is 2. The van der Waals surface area contributed by atoms with Crippen molar-refractivity contribution in [2.45, 2.75) is 46.1 Å². The first-order valence-electron chi connectivity index (χ1n) is 12.4. The van der Waals surface area contributed by atoms with Gasteiger partial charge in [0.05, 0.1) is 12.3 Å². The summed E-state index contributed by atoms with van der Waals surface area (Å²) in [6.45, 7) is 9.45. The molecule has 1 aliphatic heterocycles. The Balaban J connectivity index is 1.25. The van der Waals surface area contributed by atoms with Crippen LogP contribution in [0.4, 0.5) is 15.3 Å². The molecule has 4 rings (SSSR count). The van der Waals surface area contributed by atoms with Crippen molar-refractivity contribution in [3.05, 3.63) is 54.1 Å². The molecular weight excluding hydrogens is 472 g/mol. The highest BCUT2D eigenvalue weighted by Crippen LogP contribution is 2.28. The van der Waals surface area contributed by atoms with Gasteiger partial charge in [-0.05, 0) is 63.8 Å². The second kappa shape index (κ2) is 11.3. The number of fused-ring (bicyclic) bond motifs is 1. The largest absolute Gasteiger partial charge is 0.493 e. The van der Waals surface area contributed by atoms with Crippen LogP contribution in [-0.4, -0.2) is 63.8 Å². The summed E-state index contributed by atoms with van der Waals surface area (Å²) in [6, 6.07) is 7.11. The summed E-state index contributed by atoms with van der Waals surface area (Å²) in [7, 11) is 0. The quantitative estimate of drug-likeness (QED) is 0.393. The molecule has 0 saturated heterocycles. The molecule has 196 valence electrons. The summed E-state index contributed by atoms with van der Waals surface area (Å²) >= 11 is 0. The van der Waals surface area contributed by atoms with Crippen LogP contribution in [0.3, 0.4) is 0 Å². The molecule has 3 N–H and O–H groups in total. The number of anilines is 1. The van der Waals surface area contributed by atoms with Gasteiger partial charge in [0.15, 0.2) is 0 Å². The molecule has 3 amide bonds. The molecule has 3 heterocycles. The van der Waals surface area contributed by atoms with Gasteiger partial charge in [-0.1, -0.05) is 12.1 Å². The zero-order valence-electron chi connectivity index (χ0n) is 21.8. The van der Waals surface area contributed by atoms with Gasteiger partial charge in [-0.25, -0.2) is 19.6 Å². The van der Waals surface area contributed by atoms with E-state index in [1.165, 1.54) is 0 Å². The fourth-order valence-electron chi connectivity index (χ4n) is 4.06. The molecule has 1 aliphatic rings. The minimum Gasteiger partial charge on any atom is -0.493 e. The molecule has 10 nitrogen and oxygen atoms in total. The van der Waals surface area contributed by atoms with Crippen molar-refractivity contribution in [2.75, 3.05) is 31.6 Å². The third-order valence-electron chi connectivity index (χ3n) is 5.81. The minimum absolute atomic E-state index is 0.167. The highest BCUT2D eigenvalue weighted by atomic mass is 16.6. The second-order valence-corrected chi connectivity index (χ2v) is 9.93. The SMILES string of the molecule is Cc1c[nH]c2ncnc(C3=CCN(C(=O)Nc4cccc(OCCCNC(=O)OC(C)(C)C)c4)CC3)c12. The Morgan fingerprint density at radius 3 is 2.81 bits per heavy atom. The Hall–Kier alpha value is -4.08. The lowest BCUT2D eigenvalue weighted by molar-refractivity contribution is 0.0525. The number of urea groups is 1. The zero-order chi connectivity index (χ0) is 26.4. The number of aromatic nitrogens is 3. The van der Waals surface area contributed by atoms with E-state index in [1.54, 1.807) is 17.3 Å². The number of ether oxygens (including phenoxy) is 2. The normalized spacial score (nSPS) is 13.7. The van der Waals surface area contributed by atoms with Crippen LogP contribution < -0.4 is 15.4 Å². The molecule has 0 atom stereocenters. The summed E-state index contributed by atoms with van der Waals surface area (Å²) in [5.74, 6) is 0.644. The first-order chi connectivity index (χ1) is 17.7. The standard InChI is InChI=1S/C27H34N6O4/c1-18-16-29-24-22(18)23(30-17-31-24)19-9-12-33(13-10-19)25(34)32-20-7-5-8-21(15-20)36-14-6-11-28-26(35)37-27(2,3)4/h5,7-9,15-17H,6,10-14H2,1-4H3,(H,28,35)(H,32,34)(H,29,30,31). The van der Waals surface area contributed by atoms with Crippen molar-refractivity contribution in [3.8, 4) is 5.75 Å². The number of aromatic amines is 1. The molecule has 0 fully saturated rings. The molecule has 0 bridgehead atoms. The molecule has 0 aliphatic carbocycles. The van der Waals surface area contributed by atoms with Gasteiger partial charge in [0.1, 0.15) is 23.3 Å². The number of hydrogen-bond donors (Lipinski definition) is 3. The number of benzene rings is 1. The predicted octanol–water partition coefficient (Wildman–Crippen LogP) is 4.88. The average molecular weight is 507 g/mol. The molecular formula is C27H34N6O4. The van der Waals surface area contributed by atoms with E-state index in [0.29, 0.717) is 50.5 Å². The van der Waals surface area contributed by atoms with Crippen LogP contribution in [0.1, 0.15) is 44.9 Å². The molecule has 0 spiro atoms. The van der Waals surface area contributed by atoms with E-state index in [1.807, 2.05) is 52.1 Å². The summed E-state index contributed by atoms with van der Waals surface area (Å²) in [5.41, 5.74) is 4.11. The zero-order valence-corrected chi connectivity index (χ0v) is 21.8. The van der Waals surface area contributed by atoms with Crippen LogP contribution in [0.2, 0.25) is 0 Å². The Bertz CT molecular complexity index is 1290. The Kier molecular flexibility index (Phi) is 7.95. The number of nitrogens with zero attached hydrogens (tertiary/aromatic N) is 3. The van der Waals surface area contributed by atoms with Gasteiger partial charge < -0.3 is 30.0 Å². The maximum Gasteiger partial charge on any atom is 0.407 e. The Labute approximate surface area is 216 Å². The van der Waals surface area contributed by atoms with Crippen LogP contribution in [0.5, 0.6) is 5.75 Å². The maximum absolute atomic E-state index is 12.9. The van der Waals surface area contributed by atoms with E-state index in [4.69, 9.17) is 9.47 Å². The molecule has 10 heteroatoms. The van der Waals surface area contributed by atoms with Gasteiger partial charge >= 0.3 is 12.1 Å². The van der Waals surface area contributed by atoms with Crippen LogP contribution >= 0.6 is 0 Å². The third-order valence-corrected chi connectivity index (χ3v) is 5.81. The number of aryl methyl sites for hydroxylation is 1. The van der Waals surface area contributed by atoms with Crippen LogP contribution in [0, 0.1) is 6.92 Å². The molecule has 0 unspecified atom stereocenters. The third kappa shape index (κ3) is 6.99. The van der Waals surface area contributed by atoms with Crippen molar-refractivity contribution < 1.29 is 19.1 Å². The molecule has 0 radical (unpaired) electrons. The smallest absolute Gasteiger partial charge is 0.407 e. The van der Waals surface area contributed by atoms with Gasteiger partial charge in [0, 0.05) is 43.0 Å². The number of alkyl carbamates (subject to hydrolysis) is 1. The van der Waals surface area contributed by atoms with E-state index in [9.17, 15) is 9.59 Å². The van der Waals surface area contributed by atoms with E-state index in [-0.39, 0.29) is 6.03 Å². The fraction of sp³-hybridized carbons (Fsp3) is 0.407. The van der Waals surface area contributed by atoms with E-state index in [2.05, 4.69) is 31.7 Å². The molecule has 1 aromatic carbocycles. The van der Waals surface area contributed by atoms with Crippen molar-refractivity contribution in [1.29, 1.82) is 0 Å². The molecule has 2 aromatic heterocycles. The maximum atomic E-state index is 12.9. The lowest BCUT2D eigenvalue weighted by atomic mass is 10.0. The lowest BCUT2D eigenvalue weighted by Crippen LogP contribution is -2.38. The molecule has 0 saturated carbocycles. The van der Waals surface area contributed by atoms with E-state index in [0.717, 1.165) is 27.9 Å². The van der Waals surface area contributed by atoms with Crippen molar-refractivity contribution >= 4 is 34.4 Å². The van der Waals surface area contributed by atoms with Gasteiger partial charge in [0.25, 0.3) is 0 Å². The Morgan fingerprint density at radius 2 is 2.05 bits per heavy atom. The fourth-order valence-corrected chi connectivity index (χ4v) is 4.06. The van der Waals surface area contributed by atoms with Gasteiger partial charge in [-0.3, -0.25) is 0 Å². The van der Waals surface area contributed by atoms with Crippen molar-refractivity contribution in [3.63, 3.8) is 0 Å². The number of amides is 3. The number of rotatable bonds is 7. The molecule has 3 aromatic rings. The second-order valence-electron chi connectivity index (χ2n) is 9.93. The van der Waals surface area contributed by atoms with E-state index >= 15 is 0 Å². The number of H-pyrrole nitrogens is 1. The molecule has 37 heavy (non-hydrogen) atoms. The summed E-state index contributed by atoms with van der Waals surface area (Å²) in [5, 5.41) is 6.69. The van der Waals surface area contributed by atoms with Gasteiger partial charge in [-0.15, -0.1) is 0 Å². The summed E-state index contributed by atoms with van der Waals surface area (Å²) < 4.78 is 11.0. The first kappa shape index (κ1) is 26.0. The number of nitrogens with one attached hydrogen (secondary N) is 3. The topological polar surface area (TPSA) is 121 Å². The summed E-state index contributed by atoms with van der Waals surface area (Å²) in [6.07, 6.45) is 6.46. The lowest BCUT2D eigenvalue weighted by Gasteiger charge is -2.26. The monoisotopic (exact) mass is 506 g/mol. The van der Waals surface area contributed by atoms with Gasteiger partial charge in [-0.2, -0.15) is 0 Å². The van der Waals surface area contributed by atoms with E-state index < -0.39 is 11.7 Å². The van der Waals surface area contributed by atoms with Crippen LogP contribution in [0.25, 0.3) is 16.6 Å². The number of hydrogen-bond acceptors (Lipinski definition) is 6. The number of carbonyl (C=O) groups is 2. The van der Waals surface area contributed by atoms with Crippen molar-refractivity contribution in [2.24, 2.45) is 0 Å². The highest BCUT2D eigenvalue weighted by molar-refractivity contribution is 5.93. The Morgan fingerprint density at radius 1 is 1.22 bits per heavy atom. The van der Waals surface area contributed by atoms with Crippen molar-refractivity contribution in [1.82, 2.24) is 25.2 Å². The van der Waals surface area contributed by atoms with Gasteiger partial charge in [0.2, 0.25) is 0 Å². The highest BCUT2D eigenvalue weighted by Gasteiger charge is 2.21. The summed E-state index contributed by atoms with van der Waals surface area (Å²) in [4.78, 5) is 38.3. The van der Waals surface area contributed by atoms with Crippen LogP contribution in [-0.2, 0) is 4.74 Å². The van der Waals surface area contributed by atoms with Crippen LogP contribution in [0.15, 0.2) is 42.9 Å². The average Bonchev–Trinajstić information content (AvgIpc) is 3.24. The first-order valence-corrected chi connectivity index (χ1v) is 12.4. The predicted molar refractivity (Wildman–Crippen MR) is 143 cm³/mol. The minimum atomic E-state index is -0.524.